The summed E-state index contributed by atoms with van der Waals surface area (Å²) in [5, 5.41) is 15.7. The first-order chi connectivity index (χ1) is 15.8. The van der Waals surface area contributed by atoms with Crippen LogP contribution in [0.5, 0.6) is 0 Å². The summed E-state index contributed by atoms with van der Waals surface area (Å²) in [7, 11) is 0. The van der Waals surface area contributed by atoms with Gasteiger partial charge in [0.15, 0.2) is 17.0 Å². The number of aliphatic hydroxyl groups excluding tert-OH is 1. The van der Waals surface area contributed by atoms with Crippen molar-refractivity contribution >= 4 is 34.3 Å². The fraction of sp³-hybridized carbons (Fsp3) is 0.261. The number of nitrogens with zero attached hydrogens (tertiary/aromatic N) is 5. The molecule has 0 saturated carbocycles. The summed E-state index contributed by atoms with van der Waals surface area (Å²) in [5.41, 5.74) is 4.35. The first kappa shape index (κ1) is 20.2. The van der Waals surface area contributed by atoms with Crippen molar-refractivity contribution in [2.75, 3.05) is 55.0 Å². The maximum atomic E-state index is 9.26. The van der Waals surface area contributed by atoms with E-state index in [9.17, 15) is 5.11 Å². The van der Waals surface area contributed by atoms with Crippen LogP contribution in [0, 0.1) is 0 Å². The third-order valence-electron chi connectivity index (χ3n) is 5.33. The first-order valence-corrected chi connectivity index (χ1v) is 10.7. The van der Waals surface area contributed by atoms with Crippen LogP contribution in [0.1, 0.15) is 0 Å². The summed E-state index contributed by atoms with van der Waals surface area (Å²) in [6, 6.07) is 18.1. The van der Waals surface area contributed by atoms with Crippen LogP contribution in [0.4, 0.5) is 23.1 Å². The minimum absolute atomic E-state index is 0.00332. The van der Waals surface area contributed by atoms with Gasteiger partial charge in [0, 0.05) is 36.7 Å². The van der Waals surface area contributed by atoms with Crippen LogP contribution < -0.4 is 15.5 Å². The number of morpholine rings is 1. The number of fused-ring (bicyclic) bond motifs is 1. The van der Waals surface area contributed by atoms with Crippen LogP contribution in [0.2, 0.25) is 0 Å². The average molecular weight is 432 g/mol. The SMILES string of the molecule is OCCNc1nc(Nc2ccc(N3CCOCC3)cc2)nc2c1ncn2-c1ccccc1. The first-order valence-electron chi connectivity index (χ1n) is 10.7. The van der Waals surface area contributed by atoms with E-state index >= 15 is 0 Å². The molecule has 0 radical (unpaired) electrons. The van der Waals surface area contributed by atoms with Crippen LogP contribution >= 0.6 is 0 Å². The van der Waals surface area contributed by atoms with E-state index in [0.717, 1.165) is 37.7 Å². The molecule has 9 nitrogen and oxygen atoms in total. The largest absolute Gasteiger partial charge is 0.395 e. The number of benzene rings is 2. The number of aromatic nitrogens is 4. The Hall–Kier alpha value is -3.69. The second-order valence-electron chi connectivity index (χ2n) is 7.44. The molecule has 1 fully saturated rings. The highest BCUT2D eigenvalue weighted by Gasteiger charge is 2.15. The molecule has 0 bridgehead atoms. The highest BCUT2D eigenvalue weighted by Crippen LogP contribution is 2.26. The number of hydrogen-bond acceptors (Lipinski definition) is 8. The van der Waals surface area contributed by atoms with Crippen molar-refractivity contribution in [3.63, 3.8) is 0 Å². The van der Waals surface area contributed by atoms with Gasteiger partial charge in [-0.05, 0) is 36.4 Å². The molecule has 164 valence electrons. The predicted octanol–water partition coefficient (Wildman–Crippen LogP) is 2.80. The Balaban J connectivity index is 1.46. The molecule has 1 aliphatic heterocycles. The summed E-state index contributed by atoms with van der Waals surface area (Å²) >= 11 is 0. The number of rotatable bonds is 7. The van der Waals surface area contributed by atoms with Crippen molar-refractivity contribution < 1.29 is 9.84 Å². The maximum Gasteiger partial charge on any atom is 0.231 e. The standard InChI is InChI=1S/C23H25N7O2/c31-13-10-24-21-20-22(30(16-25-20)19-4-2-1-3-5-19)28-23(27-21)26-17-6-8-18(9-7-17)29-11-14-32-15-12-29/h1-9,16,31H,10-15H2,(H2,24,26,27,28). The van der Waals surface area contributed by atoms with Gasteiger partial charge in [-0.15, -0.1) is 0 Å². The van der Waals surface area contributed by atoms with E-state index in [4.69, 9.17) is 9.72 Å². The summed E-state index contributed by atoms with van der Waals surface area (Å²) in [6.07, 6.45) is 1.74. The molecule has 4 aromatic rings. The topological polar surface area (TPSA) is 100 Å². The average Bonchev–Trinajstić information content (AvgIpc) is 3.28. The van der Waals surface area contributed by atoms with Gasteiger partial charge in [0.1, 0.15) is 6.33 Å². The predicted molar refractivity (Wildman–Crippen MR) is 125 cm³/mol. The van der Waals surface area contributed by atoms with Crippen molar-refractivity contribution in [1.29, 1.82) is 0 Å². The molecule has 0 aliphatic carbocycles. The Morgan fingerprint density at radius 3 is 2.47 bits per heavy atom. The lowest BCUT2D eigenvalue weighted by Crippen LogP contribution is -2.36. The maximum absolute atomic E-state index is 9.26. The summed E-state index contributed by atoms with van der Waals surface area (Å²) in [6.45, 7) is 3.68. The fourth-order valence-corrected chi connectivity index (χ4v) is 3.74. The van der Waals surface area contributed by atoms with Gasteiger partial charge in [0.25, 0.3) is 0 Å². The molecule has 0 unspecified atom stereocenters. The molecule has 2 aromatic carbocycles. The van der Waals surface area contributed by atoms with Gasteiger partial charge < -0.3 is 25.4 Å². The van der Waals surface area contributed by atoms with Gasteiger partial charge >= 0.3 is 0 Å². The third kappa shape index (κ3) is 4.20. The Morgan fingerprint density at radius 1 is 0.938 bits per heavy atom. The van der Waals surface area contributed by atoms with Crippen LogP contribution in [-0.4, -0.2) is 64.1 Å². The number of para-hydroxylation sites is 1. The Morgan fingerprint density at radius 2 is 1.72 bits per heavy atom. The zero-order valence-electron chi connectivity index (χ0n) is 17.6. The Kier molecular flexibility index (Phi) is 5.82. The van der Waals surface area contributed by atoms with Gasteiger partial charge in [-0.1, -0.05) is 18.2 Å². The Labute approximate surface area is 185 Å². The number of aliphatic hydroxyl groups is 1. The molecule has 5 rings (SSSR count). The van der Waals surface area contributed by atoms with Crippen LogP contribution in [0.25, 0.3) is 16.9 Å². The molecule has 3 N–H and O–H groups in total. The number of anilines is 4. The van der Waals surface area contributed by atoms with Gasteiger partial charge in [0.2, 0.25) is 5.95 Å². The summed E-state index contributed by atoms with van der Waals surface area (Å²) < 4.78 is 7.36. The monoisotopic (exact) mass is 431 g/mol. The molecular weight excluding hydrogens is 406 g/mol. The van der Waals surface area contributed by atoms with Crippen LogP contribution in [0.15, 0.2) is 60.9 Å². The van der Waals surface area contributed by atoms with Crippen LogP contribution in [-0.2, 0) is 4.74 Å². The van der Waals surface area contributed by atoms with E-state index in [2.05, 4.69) is 37.6 Å². The van der Waals surface area contributed by atoms with E-state index in [1.54, 1.807) is 6.33 Å². The molecule has 1 saturated heterocycles. The molecule has 1 aliphatic rings. The molecule has 3 heterocycles. The highest BCUT2D eigenvalue weighted by molar-refractivity contribution is 5.86. The van der Waals surface area contributed by atoms with Crippen molar-refractivity contribution in [2.24, 2.45) is 0 Å². The van der Waals surface area contributed by atoms with E-state index in [-0.39, 0.29) is 6.61 Å². The smallest absolute Gasteiger partial charge is 0.231 e. The van der Waals surface area contributed by atoms with Crippen LogP contribution in [0.3, 0.4) is 0 Å². The van der Waals surface area contributed by atoms with E-state index in [1.165, 1.54) is 5.69 Å². The molecule has 9 heteroatoms. The Bertz CT molecular complexity index is 1170. The number of ether oxygens (including phenoxy) is 1. The van der Waals surface area contributed by atoms with Gasteiger partial charge in [0.05, 0.1) is 19.8 Å². The minimum Gasteiger partial charge on any atom is -0.395 e. The lowest BCUT2D eigenvalue weighted by atomic mass is 10.2. The van der Waals surface area contributed by atoms with Gasteiger partial charge in [-0.25, -0.2) is 4.98 Å². The normalized spacial score (nSPS) is 14.0. The highest BCUT2D eigenvalue weighted by atomic mass is 16.5. The quantitative estimate of drug-likeness (QED) is 0.411. The molecule has 0 atom stereocenters. The van der Waals surface area contributed by atoms with E-state index in [0.29, 0.717) is 29.5 Å². The minimum atomic E-state index is -0.00332. The second-order valence-corrected chi connectivity index (χ2v) is 7.44. The number of imidazole rings is 1. The molecule has 2 aromatic heterocycles. The molecule has 0 amide bonds. The van der Waals surface area contributed by atoms with E-state index in [1.807, 2.05) is 47.0 Å². The zero-order chi connectivity index (χ0) is 21.8. The molecule has 0 spiro atoms. The fourth-order valence-electron chi connectivity index (χ4n) is 3.74. The number of hydrogen-bond donors (Lipinski definition) is 3. The zero-order valence-corrected chi connectivity index (χ0v) is 17.6. The molecular formula is C23H25N7O2. The summed E-state index contributed by atoms with van der Waals surface area (Å²) in [4.78, 5) is 16.2. The van der Waals surface area contributed by atoms with Gasteiger partial charge in [-0.2, -0.15) is 9.97 Å². The lowest BCUT2D eigenvalue weighted by molar-refractivity contribution is 0.122. The van der Waals surface area contributed by atoms with Crippen molar-refractivity contribution in [1.82, 2.24) is 19.5 Å². The van der Waals surface area contributed by atoms with Crippen molar-refractivity contribution in [3.05, 3.63) is 60.9 Å². The van der Waals surface area contributed by atoms with Crippen molar-refractivity contribution in [2.45, 2.75) is 0 Å². The summed E-state index contributed by atoms with van der Waals surface area (Å²) in [5.74, 6) is 1.03. The number of nitrogens with one attached hydrogen (secondary N) is 2. The third-order valence-corrected chi connectivity index (χ3v) is 5.33. The van der Waals surface area contributed by atoms with Gasteiger partial charge in [-0.3, -0.25) is 4.57 Å². The lowest BCUT2D eigenvalue weighted by Gasteiger charge is -2.28. The molecule has 32 heavy (non-hydrogen) atoms. The second kappa shape index (κ2) is 9.21. The van der Waals surface area contributed by atoms with Crippen molar-refractivity contribution in [3.8, 4) is 5.69 Å². The van der Waals surface area contributed by atoms with E-state index < -0.39 is 0 Å².